The van der Waals surface area contributed by atoms with Crippen LogP contribution in [0.15, 0.2) is 29.1 Å². The van der Waals surface area contributed by atoms with Gasteiger partial charge in [-0.05, 0) is 31.9 Å². The molecule has 5 heteroatoms. The highest BCUT2D eigenvalue weighted by molar-refractivity contribution is 7.13. The summed E-state index contributed by atoms with van der Waals surface area (Å²) < 4.78 is 7.71. The van der Waals surface area contributed by atoms with Crippen molar-refractivity contribution >= 4 is 27.6 Å². The number of rotatable bonds is 7. The van der Waals surface area contributed by atoms with E-state index in [1.807, 2.05) is 31.2 Å². The van der Waals surface area contributed by atoms with Crippen LogP contribution >= 0.6 is 11.5 Å². The van der Waals surface area contributed by atoms with Crippen LogP contribution in [0.5, 0.6) is 0 Å². The lowest BCUT2D eigenvalue weighted by Crippen LogP contribution is -2.13. The monoisotopic (exact) mass is 293 g/mol. The van der Waals surface area contributed by atoms with Gasteiger partial charge in [-0.25, -0.2) is 0 Å². The van der Waals surface area contributed by atoms with Crippen molar-refractivity contribution in [2.45, 2.75) is 39.2 Å². The molecule has 0 aliphatic heterocycles. The van der Waals surface area contributed by atoms with E-state index in [2.05, 4.69) is 0 Å². The standard InChI is InChI=1S/C15H19NO3S/c1-2-19-14(17)10-4-3-7-11-16-15(18)12-8-5-6-9-13(12)20-16/h5-6,8-9H,2-4,7,10-11H2,1H3. The lowest BCUT2D eigenvalue weighted by atomic mass is 10.2. The number of esters is 1. The number of carbonyl (C=O) groups excluding carboxylic acids is 1. The maximum Gasteiger partial charge on any atom is 0.305 e. The number of unbranched alkanes of at least 4 members (excludes halogenated alkanes) is 2. The zero-order valence-corrected chi connectivity index (χ0v) is 12.4. The summed E-state index contributed by atoms with van der Waals surface area (Å²) in [4.78, 5) is 23.3. The molecule has 0 saturated carbocycles. The van der Waals surface area contributed by atoms with E-state index < -0.39 is 0 Å². The molecule has 0 amide bonds. The van der Waals surface area contributed by atoms with Crippen LogP contribution in [-0.4, -0.2) is 16.5 Å². The summed E-state index contributed by atoms with van der Waals surface area (Å²) in [6.07, 6.45) is 3.12. The predicted octanol–water partition coefficient (Wildman–Crippen LogP) is 3.19. The number of nitrogens with zero attached hydrogens (tertiary/aromatic N) is 1. The Morgan fingerprint density at radius 1 is 1.25 bits per heavy atom. The van der Waals surface area contributed by atoms with Gasteiger partial charge in [-0.3, -0.25) is 13.5 Å². The molecular formula is C15H19NO3S. The summed E-state index contributed by atoms with van der Waals surface area (Å²) in [6.45, 7) is 2.97. The predicted molar refractivity (Wildman–Crippen MR) is 81.2 cm³/mol. The minimum atomic E-state index is -0.133. The number of hydrogen-bond donors (Lipinski definition) is 0. The van der Waals surface area contributed by atoms with Crippen molar-refractivity contribution in [3.8, 4) is 0 Å². The van der Waals surface area contributed by atoms with Gasteiger partial charge in [-0.1, -0.05) is 30.1 Å². The van der Waals surface area contributed by atoms with Crippen LogP contribution in [0.4, 0.5) is 0 Å². The third-order valence-electron chi connectivity index (χ3n) is 3.10. The number of benzene rings is 1. The zero-order valence-electron chi connectivity index (χ0n) is 11.6. The average Bonchev–Trinajstić information content (AvgIpc) is 2.76. The first-order valence-corrected chi connectivity index (χ1v) is 7.74. The molecule has 0 saturated heterocycles. The van der Waals surface area contributed by atoms with E-state index in [9.17, 15) is 9.59 Å². The van der Waals surface area contributed by atoms with Crippen LogP contribution in [0.2, 0.25) is 0 Å². The van der Waals surface area contributed by atoms with Gasteiger partial charge >= 0.3 is 5.97 Å². The Hall–Kier alpha value is -1.62. The fourth-order valence-electron chi connectivity index (χ4n) is 2.10. The molecule has 0 aliphatic rings. The van der Waals surface area contributed by atoms with Crippen LogP contribution in [0.25, 0.3) is 10.1 Å². The Bertz CT molecular complexity index is 629. The van der Waals surface area contributed by atoms with Crippen molar-refractivity contribution in [1.29, 1.82) is 0 Å². The molecular weight excluding hydrogens is 274 g/mol. The Balaban J connectivity index is 1.80. The molecule has 4 nitrogen and oxygen atoms in total. The van der Waals surface area contributed by atoms with Gasteiger partial charge in [-0.15, -0.1) is 0 Å². The highest BCUT2D eigenvalue weighted by atomic mass is 32.1. The molecule has 0 N–H and O–H groups in total. The second-order valence-corrected chi connectivity index (χ2v) is 5.67. The molecule has 2 rings (SSSR count). The molecule has 1 aromatic carbocycles. The molecule has 1 heterocycles. The average molecular weight is 293 g/mol. The smallest absolute Gasteiger partial charge is 0.305 e. The van der Waals surface area contributed by atoms with E-state index in [4.69, 9.17) is 4.74 Å². The van der Waals surface area contributed by atoms with Gasteiger partial charge < -0.3 is 4.74 Å². The third kappa shape index (κ3) is 3.70. The first-order chi connectivity index (χ1) is 9.72. The first-order valence-electron chi connectivity index (χ1n) is 6.97. The lowest BCUT2D eigenvalue weighted by molar-refractivity contribution is -0.143. The van der Waals surface area contributed by atoms with E-state index in [1.54, 1.807) is 3.96 Å². The summed E-state index contributed by atoms with van der Waals surface area (Å²) in [5, 5.41) is 0.795. The lowest BCUT2D eigenvalue weighted by Gasteiger charge is -2.02. The van der Waals surface area contributed by atoms with E-state index in [-0.39, 0.29) is 11.5 Å². The molecule has 2 aromatic rings. The van der Waals surface area contributed by atoms with Gasteiger partial charge in [0, 0.05) is 13.0 Å². The second kappa shape index (κ2) is 7.24. The van der Waals surface area contributed by atoms with Gasteiger partial charge in [0.15, 0.2) is 0 Å². The van der Waals surface area contributed by atoms with Crippen molar-refractivity contribution < 1.29 is 9.53 Å². The summed E-state index contributed by atoms with van der Waals surface area (Å²) in [6, 6.07) is 7.67. The van der Waals surface area contributed by atoms with Gasteiger partial charge in [0.2, 0.25) is 0 Å². The van der Waals surface area contributed by atoms with Crippen LogP contribution in [0.3, 0.4) is 0 Å². The number of aryl methyl sites for hydroxylation is 1. The molecule has 1 aromatic heterocycles. The molecule has 108 valence electrons. The van der Waals surface area contributed by atoms with E-state index in [1.165, 1.54) is 11.5 Å². The SMILES string of the molecule is CCOC(=O)CCCCCn1sc2ccccc2c1=O. The maximum atomic E-state index is 12.1. The largest absolute Gasteiger partial charge is 0.466 e. The fourth-order valence-corrected chi connectivity index (χ4v) is 3.13. The van der Waals surface area contributed by atoms with Crippen LogP contribution < -0.4 is 5.56 Å². The van der Waals surface area contributed by atoms with Gasteiger partial charge in [0.1, 0.15) is 0 Å². The quantitative estimate of drug-likeness (QED) is 0.582. The molecule has 0 bridgehead atoms. The second-order valence-electron chi connectivity index (χ2n) is 4.61. The Labute approximate surface area is 122 Å². The van der Waals surface area contributed by atoms with Crippen LogP contribution in [-0.2, 0) is 16.1 Å². The minimum Gasteiger partial charge on any atom is -0.466 e. The number of fused-ring (bicyclic) bond motifs is 1. The summed E-state index contributed by atoms with van der Waals surface area (Å²) in [7, 11) is 0. The topological polar surface area (TPSA) is 48.3 Å². The van der Waals surface area contributed by atoms with Crippen molar-refractivity contribution in [3.05, 3.63) is 34.6 Å². The zero-order chi connectivity index (χ0) is 14.4. The maximum absolute atomic E-state index is 12.1. The Morgan fingerprint density at radius 3 is 2.80 bits per heavy atom. The van der Waals surface area contributed by atoms with Gasteiger partial charge in [0.05, 0.1) is 16.7 Å². The van der Waals surface area contributed by atoms with Crippen molar-refractivity contribution in [1.82, 2.24) is 3.96 Å². The minimum absolute atomic E-state index is 0.0935. The third-order valence-corrected chi connectivity index (χ3v) is 4.22. The molecule has 0 unspecified atom stereocenters. The molecule has 0 radical (unpaired) electrons. The number of ether oxygens (including phenoxy) is 1. The van der Waals surface area contributed by atoms with Crippen molar-refractivity contribution in [2.24, 2.45) is 0 Å². The summed E-state index contributed by atoms with van der Waals surface area (Å²) in [5.41, 5.74) is 0.0935. The van der Waals surface area contributed by atoms with Gasteiger partial charge in [0.25, 0.3) is 5.56 Å². The van der Waals surface area contributed by atoms with Crippen LogP contribution in [0.1, 0.15) is 32.6 Å². The van der Waals surface area contributed by atoms with E-state index in [0.717, 1.165) is 35.9 Å². The Morgan fingerprint density at radius 2 is 2.05 bits per heavy atom. The summed E-state index contributed by atoms with van der Waals surface area (Å²) >= 11 is 1.51. The van der Waals surface area contributed by atoms with Crippen molar-refractivity contribution in [2.75, 3.05) is 6.61 Å². The number of carbonyl (C=O) groups is 1. The molecule has 0 atom stereocenters. The molecule has 0 aliphatic carbocycles. The number of hydrogen-bond acceptors (Lipinski definition) is 4. The summed E-state index contributed by atoms with van der Waals surface area (Å²) in [5.74, 6) is -0.133. The van der Waals surface area contributed by atoms with Crippen molar-refractivity contribution in [3.63, 3.8) is 0 Å². The van der Waals surface area contributed by atoms with Gasteiger partial charge in [-0.2, -0.15) is 0 Å². The van der Waals surface area contributed by atoms with Crippen LogP contribution in [0, 0.1) is 0 Å². The van der Waals surface area contributed by atoms with E-state index in [0.29, 0.717) is 13.0 Å². The highest BCUT2D eigenvalue weighted by Gasteiger charge is 2.06. The van der Waals surface area contributed by atoms with E-state index >= 15 is 0 Å². The Kier molecular flexibility index (Phi) is 5.35. The molecule has 0 fully saturated rings. The fraction of sp³-hybridized carbons (Fsp3) is 0.467. The molecule has 20 heavy (non-hydrogen) atoms. The normalized spacial score (nSPS) is 10.8. The highest BCUT2D eigenvalue weighted by Crippen LogP contribution is 2.16. The number of aromatic nitrogens is 1. The molecule has 0 spiro atoms. The first kappa shape index (κ1) is 14.8.